The summed E-state index contributed by atoms with van der Waals surface area (Å²) < 4.78 is 34.2. The number of carbonyl (C=O) groups excluding carboxylic acids is 2. The number of nitrogens with one attached hydrogen (secondary N) is 1. The maximum absolute atomic E-state index is 14.2. The quantitative estimate of drug-likeness (QED) is 0.0480. The molecule has 1 amide bonds. The van der Waals surface area contributed by atoms with E-state index >= 15 is 0 Å². The van der Waals surface area contributed by atoms with E-state index in [0.717, 1.165) is 9.13 Å². The first-order valence-electron chi connectivity index (χ1n) is 16.3. The summed E-state index contributed by atoms with van der Waals surface area (Å²) in [7, 11) is 4.44. The van der Waals surface area contributed by atoms with Gasteiger partial charge in [-0.2, -0.15) is 0 Å². The number of halogens is 1. The maximum atomic E-state index is 14.2. The summed E-state index contributed by atoms with van der Waals surface area (Å²) in [5.74, 6) is 0.591. The van der Waals surface area contributed by atoms with Crippen molar-refractivity contribution in [2.24, 2.45) is 0 Å². The third kappa shape index (κ3) is 9.26. The minimum absolute atomic E-state index is 0.00215. The van der Waals surface area contributed by atoms with Gasteiger partial charge in [0.05, 0.1) is 37.1 Å². The number of methoxy groups -OCH3 is 3. The van der Waals surface area contributed by atoms with E-state index in [1.165, 1.54) is 21.3 Å². The highest BCUT2D eigenvalue weighted by atomic mass is 127. The first kappa shape index (κ1) is 37.8. The van der Waals surface area contributed by atoms with Gasteiger partial charge in [-0.3, -0.25) is 9.59 Å². The number of hydrogen-bond donors (Lipinski definition) is 3. The molecule has 0 saturated heterocycles. The van der Waals surface area contributed by atoms with Crippen LogP contribution in [0.25, 0.3) is 5.57 Å². The lowest BCUT2D eigenvalue weighted by atomic mass is 9.89. The predicted molar refractivity (Wildman–Crippen MR) is 200 cm³/mol. The van der Waals surface area contributed by atoms with Crippen molar-refractivity contribution in [1.82, 2.24) is 5.32 Å². The number of phenols is 1. The van der Waals surface area contributed by atoms with Gasteiger partial charge in [0.25, 0.3) is 0 Å². The van der Waals surface area contributed by atoms with E-state index in [2.05, 4.69) is 27.9 Å². The van der Waals surface area contributed by atoms with Gasteiger partial charge in [0.1, 0.15) is 11.5 Å². The van der Waals surface area contributed by atoms with E-state index in [1.807, 2.05) is 12.1 Å². The molecule has 1 aliphatic heterocycles. The van der Waals surface area contributed by atoms with Gasteiger partial charge in [0.2, 0.25) is 18.4 Å². The van der Waals surface area contributed by atoms with Crippen LogP contribution in [0.1, 0.15) is 39.9 Å². The van der Waals surface area contributed by atoms with E-state index in [0.29, 0.717) is 59.4 Å². The van der Waals surface area contributed by atoms with Crippen LogP contribution < -0.4 is 33.7 Å². The molecule has 1 heterocycles. The number of benzene rings is 4. The minimum atomic E-state index is -1.30. The average molecular weight is 824 g/mol. The molecule has 3 N–H and O–H groups in total. The summed E-state index contributed by atoms with van der Waals surface area (Å²) in [6.07, 6.45) is 1.12. The fraction of sp³-hybridized carbons (Fsp3) is 0.256. The van der Waals surface area contributed by atoms with Crippen molar-refractivity contribution in [3.05, 3.63) is 104 Å². The molecule has 13 heteroatoms. The van der Waals surface area contributed by atoms with Crippen molar-refractivity contribution in [3.8, 4) is 40.2 Å². The number of aliphatic carboxylic acids is 1. The first-order chi connectivity index (χ1) is 25.1. The first-order valence-corrected chi connectivity index (χ1v) is 17.4. The zero-order valence-corrected chi connectivity index (χ0v) is 31.0. The topological polar surface area (TPSA) is 159 Å². The molecule has 12 nitrogen and oxygen atoms in total. The lowest BCUT2D eigenvalue weighted by molar-refractivity contribution is -0.130. The number of carboxylic acids is 1. The van der Waals surface area contributed by atoms with Gasteiger partial charge < -0.3 is 44.0 Å². The van der Waals surface area contributed by atoms with Crippen molar-refractivity contribution < 1.29 is 53.0 Å². The van der Waals surface area contributed by atoms with Crippen LogP contribution in [0.5, 0.6) is 40.2 Å². The van der Waals surface area contributed by atoms with Crippen LogP contribution >= 0.6 is 22.6 Å². The molecule has 0 atom stereocenters. The maximum Gasteiger partial charge on any atom is 0.336 e. The number of allylic oxidation sites excluding steroid dienone is 1. The van der Waals surface area contributed by atoms with Crippen LogP contribution in [0.15, 0.2) is 78.4 Å². The lowest BCUT2D eigenvalue weighted by Crippen LogP contribution is -2.25. The Hall–Kier alpha value is -5.44. The summed E-state index contributed by atoms with van der Waals surface area (Å²) in [5, 5.41) is 23.2. The van der Waals surface area contributed by atoms with Crippen molar-refractivity contribution in [2.45, 2.75) is 25.7 Å². The molecule has 0 spiro atoms. The number of aromatic hydroxyl groups is 1. The highest BCUT2D eigenvalue weighted by Crippen LogP contribution is 2.41. The summed E-state index contributed by atoms with van der Waals surface area (Å²) in [5.41, 5.74) is 1.85. The second kappa shape index (κ2) is 17.7. The van der Waals surface area contributed by atoms with Gasteiger partial charge >= 0.3 is 5.97 Å². The largest absolute Gasteiger partial charge is 0.507 e. The van der Waals surface area contributed by atoms with E-state index in [-0.39, 0.29) is 60.2 Å². The molecule has 52 heavy (non-hydrogen) atoms. The smallest absolute Gasteiger partial charge is 0.336 e. The molecule has 0 aromatic heterocycles. The van der Waals surface area contributed by atoms with Crippen molar-refractivity contribution in [3.63, 3.8) is 0 Å². The van der Waals surface area contributed by atoms with Crippen molar-refractivity contribution >= 4 is 45.8 Å². The third-order valence-corrected chi connectivity index (χ3v) is 9.11. The second-order valence-electron chi connectivity index (χ2n) is 11.6. The molecule has 0 saturated carbocycles. The van der Waals surface area contributed by atoms with E-state index in [4.69, 9.17) is 28.4 Å². The number of ether oxygens (including phenoxy) is 6. The average Bonchev–Trinajstić information content (AvgIpc) is 3.62. The molecular formula is C39H38INO11. The fourth-order valence-electron chi connectivity index (χ4n) is 5.63. The number of fused-ring (bicyclic) bond motifs is 1. The van der Waals surface area contributed by atoms with Gasteiger partial charge in [-0.05, 0) is 113 Å². The van der Waals surface area contributed by atoms with Crippen LogP contribution in [0.4, 0.5) is 0 Å². The van der Waals surface area contributed by atoms with Gasteiger partial charge in [-0.1, -0.05) is 12.1 Å². The zero-order chi connectivity index (χ0) is 37.2. The van der Waals surface area contributed by atoms with Crippen LogP contribution in [-0.4, -0.2) is 69.1 Å². The summed E-state index contributed by atoms with van der Waals surface area (Å²) in [6, 6.07) is 19.8. The highest BCUT2D eigenvalue weighted by Gasteiger charge is 2.27. The van der Waals surface area contributed by atoms with E-state index < -0.39 is 11.8 Å². The van der Waals surface area contributed by atoms with Crippen molar-refractivity contribution in [1.29, 1.82) is 0 Å². The number of ketones is 1. The molecule has 0 fully saturated rings. The molecule has 4 aromatic rings. The van der Waals surface area contributed by atoms with Gasteiger partial charge in [0.15, 0.2) is 28.8 Å². The van der Waals surface area contributed by atoms with E-state index in [1.54, 1.807) is 60.7 Å². The van der Waals surface area contributed by atoms with Gasteiger partial charge in [-0.25, -0.2) is 4.79 Å². The van der Waals surface area contributed by atoms with Crippen LogP contribution in [0, 0.1) is 3.57 Å². The number of Topliss-reactive ketones (excluding diaryl/α,β-unsaturated/α-hetero) is 1. The van der Waals surface area contributed by atoms with Crippen LogP contribution in [0.2, 0.25) is 0 Å². The number of amides is 1. The number of hydrogen-bond acceptors (Lipinski definition) is 10. The Morgan fingerprint density at radius 2 is 1.56 bits per heavy atom. The number of rotatable bonds is 17. The summed E-state index contributed by atoms with van der Waals surface area (Å²) in [4.78, 5) is 39.6. The SMILES string of the molecule is COc1ccc(C(=O)/C(Cc2cc(OC)c(OC)c(OCCCC(=O)NCCc3ccc(O)c(I)c3)c2)=C(\C(=O)O)c2ccc3c(c2)OCO3)cc1. The summed E-state index contributed by atoms with van der Waals surface area (Å²) in [6.45, 7) is 0.614. The molecule has 272 valence electrons. The Bertz CT molecular complexity index is 1970. The molecule has 0 aliphatic carbocycles. The molecule has 4 aromatic carbocycles. The third-order valence-electron chi connectivity index (χ3n) is 8.24. The van der Waals surface area contributed by atoms with Crippen LogP contribution in [0.3, 0.4) is 0 Å². The molecule has 0 radical (unpaired) electrons. The Morgan fingerprint density at radius 1 is 0.827 bits per heavy atom. The molecule has 0 bridgehead atoms. The molecule has 5 rings (SSSR count). The Labute approximate surface area is 314 Å². The lowest BCUT2D eigenvalue weighted by Gasteiger charge is -2.18. The normalized spacial score (nSPS) is 12.1. The fourth-order valence-corrected chi connectivity index (χ4v) is 6.21. The predicted octanol–water partition coefficient (Wildman–Crippen LogP) is 6.23. The molecular weight excluding hydrogens is 785 g/mol. The number of carbonyl (C=O) groups is 3. The van der Waals surface area contributed by atoms with Crippen molar-refractivity contribution in [2.75, 3.05) is 41.3 Å². The van der Waals surface area contributed by atoms with Gasteiger partial charge in [0, 0.05) is 30.5 Å². The Balaban J connectivity index is 1.37. The monoisotopic (exact) mass is 823 g/mol. The van der Waals surface area contributed by atoms with Gasteiger partial charge in [-0.15, -0.1) is 0 Å². The number of phenolic OH excluding ortho intramolecular Hbond substituents is 1. The highest BCUT2D eigenvalue weighted by molar-refractivity contribution is 14.1. The summed E-state index contributed by atoms with van der Waals surface area (Å²) >= 11 is 2.06. The minimum Gasteiger partial charge on any atom is -0.507 e. The van der Waals surface area contributed by atoms with Crippen LogP contribution in [-0.2, 0) is 22.4 Å². The Kier molecular flexibility index (Phi) is 12.8. The molecule has 1 aliphatic rings. The standard InChI is InChI=1S/C39H38INO11/c1-47-27-10-7-25(8-11-27)37(44)28(36(39(45)46)26-9-13-31-32(21-26)52-22-51-31)17-24-19-33(48-2)38(49-3)34(20-24)50-16-4-5-35(43)41-15-14-23-6-12-30(42)29(40)18-23/h6-13,18-21,42H,4-5,14-17,22H2,1-3H3,(H,41,43)(H,45,46)/b36-28-. The second-order valence-corrected chi connectivity index (χ2v) is 12.8. The number of carboxylic acid groups (broad SMARTS) is 1. The zero-order valence-electron chi connectivity index (χ0n) is 28.8. The Morgan fingerprint density at radius 3 is 2.25 bits per heavy atom. The molecule has 0 unspecified atom stereocenters. The van der Waals surface area contributed by atoms with E-state index in [9.17, 15) is 24.6 Å².